The second kappa shape index (κ2) is 11.7. The molecule has 5 heterocycles. The van der Waals surface area contributed by atoms with Gasteiger partial charge in [-0.1, -0.05) is 44.2 Å². The fourth-order valence-electron chi connectivity index (χ4n) is 9.98. The van der Waals surface area contributed by atoms with Gasteiger partial charge in [-0.25, -0.2) is 9.97 Å². The van der Waals surface area contributed by atoms with Crippen LogP contribution in [0.5, 0.6) is 0 Å². The van der Waals surface area contributed by atoms with Crippen molar-refractivity contribution in [1.29, 1.82) is 0 Å². The van der Waals surface area contributed by atoms with Crippen LogP contribution in [0.3, 0.4) is 0 Å². The van der Waals surface area contributed by atoms with Crippen LogP contribution in [0.25, 0.3) is 11.0 Å². The molecule has 0 radical (unpaired) electrons. The number of para-hydroxylation sites is 2. The summed E-state index contributed by atoms with van der Waals surface area (Å²) < 4.78 is 10.9. The van der Waals surface area contributed by atoms with Gasteiger partial charge >= 0.3 is 0 Å². The summed E-state index contributed by atoms with van der Waals surface area (Å²) in [7, 11) is 2.10. The average molecular weight is 571 g/mol. The number of piperidine rings is 2. The zero-order valence-electron chi connectivity index (χ0n) is 25.6. The van der Waals surface area contributed by atoms with Crippen LogP contribution in [-0.2, 0) is 24.8 Å². The van der Waals surface area contributed by atoms with Crippen LogP contribution in [0, 0.1) is 11.8 Å². The van der Waals surface area contributed by atoms with Gasteiger partial charge in [0.2, 0.25) is 0 Å². The lowest BCUT2D eigenvalue weighted by molar-refractivity contribution is -0.0425. The molecule has 2 aliphatic carbocycles. The molecule has 4 bridgehead atoms. The number of hydrogen-bond donors (Lipinski definition) is 0. The van der Waals surface area contributed by atoms with Gasteiger partial charge in [-0.3, -0.25) is 9.80 Å². The summed E-state index contributed by atoms with van der Waals surface area (Å²) in [6, 6.07) is 12.1. The standard InChI is InChI=1S/C35H50N6O/c1-38-14-13-36-35(38)23-39-15-16-42-24-31(39)22-34-37-32-11-4-5-12-33(32)41(34)30-20-27-9-6-10-28(21-30)40(27)29-18-25-7-2-3-8-26(17-25)19-29/h4-5,11-14,25-31H,2-3,6-10,15-24H2,1H3/t25-,26+,27-,28+,29?,30?,31?. The number of aromatic nitrogens is 4. The number of hydrogen-bond acceptors (Lipinski definition) is 5. The Labute approximate surface area is 251 Å². The fourth-order valence-corrected chi connectivity index (χ4v) is 9.98. The van der Waals surface area contributed by atoms with E-state index in [1.807, 2.05) is 6.20 Å². The SMILES string of the molecule is Cn1ccnc1CN1CCOCC1Cc1nc2ccccc2n1C1C[C@H]2CCC[C@@H](C1)N2C1C[C@H]2CCCC[C@@H](C1)C2. The van der Waals surface area contributed by atoms with Crippen molar-refractivity contribution in [3.63, 3.8) is 0 Å². The molecule has 7 nitrogen and oxygen atoms in total. The molecule has 0 N–H and O–H groups in total. The quantitative estimate of drug-likeness (QED) is 0.357. The maximum Gasteiger partial charge on any atom is 0.122 e. The minimum atomic E-state index is 0.316. The van der Waals surface area contributed by atoms with Gasteiger partial charge in [-0.2, -0.15) is 0 Å². The number of aryl methyl sites for hydroxylation is 1. The van der Waals surface area contributed by atoms with Crippen LogP contribution in [0.4, 0.5) is 0 Å². The van der Waals surface area contributed by atoms with Gasteiger partial charge in [-0.05, 0) is 68.9 Å². The first-order valence-electron chi connectivity index (χ1n) is 17.2. The van der Waals surface area contributed by atoms with Crippen LogP contribution in [0.15, 0.2) is 36.7 Å². The molecule has 2 saturated carbocycles. The smallest absolute Gasteiger partial charge is 0.122 e. The lowest BCUT2D eigenvalue weighted by atomic mass is 9.73. The third-order valence-corrected chi connectivity index (χ3v) is 11.8. The topological polar surface area (TPSA) is 51.4 Å². The Hall–Kier alpha value is -2.22. The van der Waals surface area contributed by atoms with Crippen molar-refractivity contribution in [3.8, 4) is 0 Å². The van der Waals surface area contributed by atoms with E-state index in [1.165, 1.54) is 88.4 Å². The van der Waals surface area contributed by atoms with Crippen LogP contribution in [-0.4, -0.2) is 72.8 Å². The molecule has 5 fully saturated rings. The second-order valence-electron chi connectivity index (χ2n) is 14.4. The summed E-state index contributed by atoms with van der Waals surface area (Å²) in [5.41, 5.74) is 2.49. The molecule has 42 heavy (non-hydrogen) atoms. The van der Waals surface area contributed by atoms with E-state index in [4.69, 9.17) is 9.72 Å². The number of rotatable bonds is 6. The Bertz CT molecular complexity index is 1340. The molecule has 2 aromatic heterocycles. The Morgan fingerprint density at radius 3 is 2.38 bits per heavy atom. The number of benzene rings is 1. The van der Waals surface area contributed by atoms with Crippen molar-refractivity contribution in [3.05, 3.63) is 48.3 Å². The van der Waals surface area contributed by atoms with Crippen molar-refractivity contribution < 1.29 is 4.74 Å². The molecular weight excluding hydrogens is 520 g/mol. The summed E-state index contributed by atoms with van der Waals surface area (Å²) >= 11 is 0. The molecular formula is C35H50N6O. The Morgan fingerprint density at radius 2 is 1.62 bits per heavy atom. The lowest BCUT2D eigenvalue weighted by Gasteiger charge is -2.54. The third kappa shape index (κ3) is 5.24. The summed E-state index contributed by atoms with van der Waals surface area (Å²) in [6.45, 7) is 3.37. The first-order chi connectivity index (χ1) is 20.7. The number of ether oxygens (including phenoxy) is 1. The summed E-state index contributed by atoms with van der Waals surface area (Å²) in [5, 5.41) is 0. The van der Waals surface area contributed by atoms with E-state index in [0.29, 0.717) is 12.1 Å². The van der Waals surface area contributed by atoms with E-state index in [2.05, 4.69) is 61.4 Å². The monoisotopic (exact) mass is 570 g/mol. The molecule has 0 spiro atoms. The maximum absolute atomic E-state index is 6.06. The first kappa shape index (κ1) is 27.3. The Balaban J connectivity index is 1.06. The van der Waals surface area contributed by atoms with Gasteiger partial charge in [0.15, 0.2) is 0 Å². The fraction of sp³-hybridized carbons (Fsp3) is 0.714. The van der Waals surface area contributed by atoms with Crippen molar-refractivity contribution >= 4 is 11.0 Å². The van der Waals surface area contributed by atoms with Crippen LogP contribution >= 0.6 is 0 Å². The Kier molecular flexibility index (Phi) is 7.62. The van der Waals surface area contributed by atoms with Gasteiger partial charge in [-0.15, -0.1) is 0 Å². The molecule has 7 heteroatoms. The first-order valence-corrected chi connectivity index (χ1v) is 17.2. The van der Waals surface area contributed by atoms with Gasteiger partial charge in [0.05, 0.1) is 30.8 Å². The molecule has 0 amide bonds. The molecule has 226 valence electrons. The van der Waals surface area contributed by atoms with E-state index in [9.17, 15) is 0 Å². The highest BCUT2D eigenvalue weighted by Crippen LogP contribution is 2.47. The highest BCUT2D eigenvalue weighted by Gasteiger charge is 2.45. The molecule has 3 aromatic rings. The van der Waals surface area contributed by atoms with E-state index in [1.54, 1.807) is 0 Å². The molecule has 5 aliphatic rings. The molecule has 7 atom stereocenters. The van der Waals surface area contributed by atoms with Gasteiger partial charge in [0, 0.05) is 62.6 Å². The highest BCUT2D eigenvalue weighted by molar-refractivity contribution is 5.76. The summed E-state index contributed by atoms with van der Waals surface area (Å²) in [5.74, 6) is 4.37. The van der Waals surface area contributed by atoms with Crippen molar-refractivity contribution in [2.24, 2.45) is 18.9 Å². The zero-order valence-corrected chi connectivity index (χ0v) is 25.6. The lowest BCUT2D eigenvalue weighted by Crippen LogP contribution is -2.58. The van der Waals surface area contributed by atoms with Crippen molar-refractivity contribution in [2.75, 3.05) is 19.8 Å². The van der Waals surface area contributed by atoms with E-state index in [-0.39, 0.29) is 0 Å². The van der Waals surface area contributed by atoms with E-state index >= 15 is 0 Å². The minimum absolute atomic E-state index is 0.316. The summed E-state index contributed by atoms with van der Waals surface area (Å²) in [4.78, 5) is 15.6. The number of nitrogens with zero attached hydrogens (tertiary/aromatic N) is 6. The molecule has 3 saturated heterocycles. The maximum atomic E-state index is 6.06. The molecule has 1 aromatic carbocycles. The second-order valence-corrected chi connectivity index (χ2v) is 14.4. The minimum Gasteiger partial charge on any atom is -0.378 e. The summed E-state index contributed by atoms with van der Waals surface area (Å²) in [6.07, 6.45) is 22.0. The number of morpholine rings is 1. The average Bonchev–Trinajstić information content (AvgIpc) is 3.52. The molecule has 3 unspecified atom stereocenters. The largest absolute Gasteiger partial charge is 0.378 e. The third-order valence-electron chi connectivity index (χ3n) is 11.8. The van der Waals surface area contributed by atoms with Crippen molar-refractivity contribution in [2.45, 2.75) is 120 Å². The predicted molar refractivity (Wildman–Crippen MR) is 166 cm³/mol. The van der Waals surface area contributed by atoms with Gasteiger partial charge in [0.1, 0.15) is 11.6 Å². The van der Waals surface area contributed by atoms with Crippen LogP contribution < -0.4 is 0 Å². The van der Waals surface area contributed by atoms with E-state index < -0.39 is 0 Å². The number of imidazole rings is 2. The van der Waals surface area contributed by atoms with Gasteiger partial charge in [0.25, 0.3) is 0 Å². The normalized spacial score (nSPS) is 34.5. The zero-order chi connectivity index (χ0) is 28.0. The molecule has 3 aliphatic heterocycles. The van der Waals surface area contributed by atoms with Gasteiger partial charge < -0.3 is 13.9 Å². The Morgan fingerprint density at radius 1 is 0.833 bits per heavy atom. The van der Waals surface area contributed by atoms with Crippen molar-refractivity contribution in [1.82, 2.24) is 28.9 Å². The highest BCUT2D eigenvalue weighted by atomic mass is 16.5. The predicted octanol–water partition coefficient (Wildman–Crippen LogP) is 6.13. The molecule has 8 rings (SSSR count). The van der Waals surface area contributed by atoms with Crippen LogP contribution in [0.2, 0.25) is 0 Å². The van der Waals surface area contributed by atoms with E-state index in [0.717, 1.165) is 74.0 Å². The van der Waals surface area contributed by atoms with Crippen LogP contribution in [0.1, 0.15) is 94.7 Å². The number of fused-ring (bicyclic) bond motifs is 5.